The summed E-state index contributed by atoms with van der Waals surface area (Å²) in [5, 5.41) is 5.90. The van der Waals surface area contributed by atoms with Crippen molar-refractivity contribution in [2.24, 2.45) is 0 Å². The molecule has 2 aliphatic rings. The molecule has 3 amide bonds. The molecule has 2 fully saturated rings. The molecule has 154 valence electrons. The Hall–Kier alpha value is -2.08. The van der Waals surface area contributed by atoms with E-state index in [-0.39, 0.29) is 18.0 Å². The molecule has 2 aliphatic heterocycles. The second-order valence-electron chi connectivity index (χ2n) is 8.18. The largest absolute Gasteiger partial charge is 0.338 e. The van der Waals surface area contributed by atoms with Crippen LogP contribution in [0.4, 0.5) is 10.5 Å². The first-order chi connectivity index (χ1) is 13.5. The predicted molar refractivity (Wildman–Crippen MR) is 113 cm³/mol. The van der Waals surface area contributed by atoms with Crippen LogP contribution in [0, 0.1) is 13.8 Å². The van der Waals surface area contributed by atoms with Gasteiger partial charge >= 0.3 is 6.03 Å². The fourth-order valence-electron chi connectivity index (χ4n) is 4.05. The number of likely N-dealkylation sites (tertiary alicyclic amines) is 1. The van der Waals surface area contributed by atoms with Gasteiger partial charge in [0.05, 0.1) is 6.04 Å². The minimum atomic E-state index is -0.171. The van der Waals surface area contributed by atoms with E-state index in [1.807, 2.05) is 25.1 Å². The number of urea groups is 1. The lowest BCUT2D eigenvalue weighted by atomic mass is 10.1. The number of amides is 3. The van der Waals surface area contributed by atoms with Crippen molar-refractivity contribution in [2.45, 2.75) is 58.4 Å². The molecule has 0 saturated carbocycles. The molecule has 1 aromatic rings. The van der Waals surface area contributed by atoms with E-state index in [1.165, 1.54) is 49.9 Å². The Labute approximate surface area is 168 Å². The molecule has 3 rings (SSSR count). The maximum absolute atomic E-state index is 12.4. The Balaban J connectivity index is 1.38. The summed E-state index contributed by atoms with van der Waals surface area (Å²) in [5.41, 5.74) is 3.30. The van der Waals surface area contributed by atoms with Gasteiger partial charge in [-0.25, -0.2) is 4.79 Å². The van der Waals surface area contributed by atoms with Gasteiger partial charge < -0.3 is 20.4 Å². The first kappa shape index (κ1) is 20.6. The van der Waals surface area contributed by atoms with Gasteiger partial charge in [-0.05, 0) is 76.0 Å². The number of benzene rings is 1. The Bertz CT molecular complexity index is 683. The van der Waals surface area contributed by atoms with Crippen LogP contribution >= 0.6 is 0 Å². The molecule has 28 heavy (non-hydrogen) atoms. The monoisotopic (exact) mass is 386 g/mol. The maximum Gasteiger partial charge on any atom is 0.315 e. The minimum Gasteiger partial charge on any atom is -0.338 e. The predicted octanol–water partition coefficient (Wildman–Crippen LogP) is 2.97. The van der Waals surface area contributed by atoms with Gasteiger partial charge in [-0.3, -0.25) is 4.79 Å². The zero-order valence-electron chi connectivity index (χ0n) is 17.3. The lowest BCUT2D eigenvalue weighted by molar-refractivity contribution is -0.117. The summed E-state index contributed by atoms with van der Waals surface area (Å²) in [6.45, 7) is 8.73. The lowest BCUT2D eigenvalue weighted by Gasteiger charge is -2.20. The molecule has 0 bridgehead atoms. The highest BCUT2D eigenvalue weighted by Gasteiger charge is 2.31. The van der Waals surface area contributed by atoms with E-state index in [0.717, 1.165) is 18.7 Å². The quantitative estimate of drug-likeness (QED) is 0.739. The van der Waals surface area contributed by atoms with Crippen molar-refractivity contribution < 1.29 is 9.59 Å². The average Bonchev–Trinajstić information content (AvgIpc) is 2.86. The number of aryl methyl sites for hydroxylation is 2. The maximum atomic E-state index is 12.4. The van der Waals surface area contributed by atoms with E-state index in [0.29, 0.717) is 19.5 Å². The van der Waals surface area contributed by atoms with Crippen LogP contribution in [0.5, 0.6) is 0 Å². The third-order valence-corrected chi connectivity index (χ3v) is 5.90. The summed E-state index contributed by atoms with van der Waals surface area (Å²) < 4.78 is 0. The fourth-order valence-corrected chi connectivity index (χ4v) is 4.05. The fraction of sp³-hybridized carbons (Fsp3) is 0.636. The minimum absolute atomic E-state index is 0.0646. The average molecular weight is 387 g/mol. The highest BCUT2D eigenvalue weighted by atomic mass is 16.2. The normalized spacial score (nSPS) is 20.9. The van der Waals surface area contributed by atoms with Gasteiger partial charge in [0, 0.05) is 25.2 Å². The highest BCUT2D eigenvalue weighted by molar-refractivity contribution is 5.96. The van der Waals surface area contributed by atoms with Crippen molar-refractivity contribution in [3.8, 4) is 0 Å². The second kappa shape index (κ2) is 9.92. The van der Waals surface area contributed by atoms with Gasteiger partial charge in [0.25, 0.3) is 0 Å². The Kier molecular flexibility index (Phi) is 7.31. The van der Waals surface area contributed by atoms with Crippen LogP contribution in [0.2, 0.25) is 0 Å². The molecule has 2 saturated heterocycles. The van der Waals surface area contributed by atoms with Crippen molar-refractivity contribution in [1.29, 1.82) is 0 Å². The molecule has 2 N–H and O–H groups in total. The molecule has 6 nitrogen and oxygen atoms in total. The van der Waals surface area contributed by atoms with Crippen molar-refractivity contribution in [2.75, 3.05) is 37.6 Å². The summed E-state index contributed by atoms with van der Waals surface area (Å²) >= 11 is 0. The van der Waals surface area contributed by atoms with E-state index < -0.39 is 0 Å². The van der Waals surface area contributed by atoms with Gasteiger partial charge in [-0.1, -0.05) is 18.9 Å². The number of anilines is 1. The molecule has 0 radical (unpaired) electrons. The van der Waals surface area contributed by atoms with Crippen LogP contribution in [0.3, 0.4) is 0 Å². The van der Waals surface area contributed by atoms with Crippen LogP contribution in [0.15, 0.2) is 18.2 Å². The number of carbonyl (C=O) groups is 2. The number of nitrogens with one attached hydrogen (secondary N) is 2. The molecular weight excluding hydrogens is 352 g/mol. The van der Waals surface area contributed by atoms with Gasteiger partial charge in [-0.15, -0.1) is 0 Å². The second-order valence-corrected chi connectivity index (χ2v) is 8.18. The van der Waals surface area contributed by atoms with E-state index in [9.17, 15) is 9.59 Å². The van der Waals surface area contributed by atoms with Crippen molar-refractivity contribution in [3.05, 3.63) is 29.3 Å². The van der Waals surface area contributed by atoms with Crippen molar-refractivity contribution >= 4 is 17.6 Å². The molecule has 1 aromatic carbocycles. The standard InChI is InChI=1S/C22H34N4O2/c1-17-8-9-20(14-18(17)2)26-16-19(15-21(26)27)24-22(28)23-10-7-13-25-11-5-3-4-6-12-25/h8-9,14,19H,3-7,10-13,15-16H2,1-2H3,(H2,23,24,28)/t19-/m0/s1. The Morgan fingerprint density at radius 2 is 1.86 bits per heavy atom. The van der Waals surface area contributed by atoms with Gasteiger partial charge in [0.2, 0.25) is 5.91 Å². The van der Waals surface area contributed by atoms with Gasteiger partial charge in [0.1, 0.15) is 0 Å². The zero-order chi connectivity index (χ0) is 19.9. The molecule has 0 aromatic heterocycles. The summed E-state index contributed by atoms with van der Waals surface area (Å²) in [4.78, 5) is 28.8. The van der Waals surface area contributed by atoms with E-state index in [1.54, 1.807) is 4.90 Å². The Morgan fingerprint density at radius 3 is 2.57 bits per heavy atom. The topological polar surface area (TPSA) is 64.7 Å². The number of hydrogen-bond acceptors (Lipinski definition) is 3. The lowest BCUT2D eigenvalue weighted by Crippen LogP contribution is -2.44. The number of carbonyl (C=O) groups excluding carboxylic acids is 2. The Morgan fingerprint density at radius 1 is 1.11 bits per heavy atom. The summed E-state index contributed by atoms with van der Waals surface area (Å²) in [6, 6.07) is 5.75. The zero-order valence-corrected chi connectivity index (χ0v) is 17.3. The van der Waals surface area contributed by atoms with Crippen molar-refractivity contribution in [3.63, 3.8) is 0 Å². The SMILES string of the molecule is Cc1ccc(N2C[C@@H](NC(=O)NCCCN3CCCCCC3)CC2=O)cc1C. The first-order valence-electron chi connectivity index (χ1n) is 10.7. The summed E-state index contributed by atoms with van der Waals surface area (Å²) in [6.07, 6.45) is 6.59. The summed E-state index contributed by atoms with van der Waals surface area (Å²) in [5.74, 6) is 0.0646. The molecule has 0 spiro atoms. The van der Waals surface area contributed by atoms with Gasteiger partial charge in [0.15, 0.2) is 0 Å². The molecule has 6 heteroatoms. The van der Waals surface area contributed by atoms with Crippen LogP contribution < -0.4 is 15.5 Å². The van der Waals surface area contributed by atoms with E-state index in [4.69, 9.17) is 0 Å². The third-order valence-electron chi connectivity index (χ3n) is 5.90. The van der Waals surface area contributed by atoms with Crippen molar-refractivity contribution in [1.82, 2.24) is 15.5 Å². The van der Waals surface area contributed by atoms with Crippen LogP contribution in [0.25, 0.3) is 0 Å². The molecule has 0 unspecified atom stereocenters. The molecule has 0 aliphatic carbocycles. The van der Waals surface area contributed by atoms with E-state index >= 15 is 0 Å². The number of hydrogen-bond donors (Lipinski definition) is 2. The van der Waals surface area contributed by atoms with Crippen LogP contribution in [-0.2, 0) is 4.79 Å². The van der Waals surface area contributed by atoms with E-state index in [2.05, 4.69) is 22.5 Å². The summed E-state index contributed by atoms with van der Waals surface area (Å²) in [7, 11) is 0. The number of nitrogens with zero attached hydrogens (tertiary/aromatic N) is 2. The smallest absolute Gasteiger partial charge is 0.315 e. The molecule has 2 heterocycles. The molecule has 1 atom stereocenters. The molecular formula is C22H34N4O2. The highest BCUT2D eigenvalue weighted by Crippen LogP contribution is 2.24. The third kappa shape index (κ3) is 5.71. The number of rotatable bonds is 6. The van der Waals surface area contributed by atoms with Gasteiger partial charge in [-0.2, -0.15) is 0 Å². The first-order valence-corrected chi connectivity index (χ1v) is 10.7. The van der Waals surface area contributed by atoms with Crippen LogP contribution in [0.1, 0.15) is 49.7 Å². The van der Waals surface area contributed by atoms with Crippen LogP contribution in [-0.4, -0.2) is 55.6 Å².